The fourth-order valence-electron chi connectivity index (χ4n) is 4.14. The number of hydrogen-bond donors (Lipinski definition) is 1. The van der Waals surface area contributed by atoms with Crippen LogP contribution in [0, 0.1) is 11.8 Å². The maximum absolute atomic E-state index is 3.75. The molecule has 2 fully saturated rings. The standard InChI is InChI=1S/C15H30N2/c1-4-16-14-11-12(2)10-13(3)15(14)17-8-6-5-7-9-17/h12-16H,4-11H2,1-3H3. The van der Waals surface area contributed by atoms with Crippen LogP contribution in [0.3, 0.4) is 0 Å². The molecule has 2 aliphatic rings. The Bertz CT molecular complexity index is 223. The zero-order chi connectivity index (χ0) is 12.3. The van der Waals surface area contributed by atoms with Gasteiger partial charge in [0.25, 0.3) is 0 Å². The minimum absolute atomic E-state index is 0.733. The number of nitrogens with zero attached hydrogens (tertiary/aromatic N) is 1. The van der Waals surface area contributed by atoms with Crippen molar-refractivity contribution >= 4 is 0 Å². The van der Waals surface area contributed by atoms with Gasteiger partial charge in [-0.05, 0) is 57.2 Å². The number of rotatable bonds is 3. The Balaban J connectivity index is 2.03. The van der Waals surface area contributed by atoms with Crippen LogP contribution in [-0.2, 0) is 0 Å². The lowest BCUT2D eigenvalue weighted by atomic mass is 9.75. The van der Waals surface area contributed by atoms with Crippen LogP contribution in [0.1, 0.15) is 52.9 Å². The number of hydrogen-bond acceptors (Lipinski definition) is 2. The largest absolute Gasteiger partial charge is 0.313 e. The number of piperidine rings is 1. The number of likely N-dealkylation sites (tertiary alicyclic amines) is 1. The van der Waals surface area contributed by atoms with Crippen molar-refractivity contribution in [2.45, 2.75) is 65.0 Å². The van der Waals surface area contributed by atoms with Gasteiger partial charge in [0.05, 0.1) is 0 Å². The molecule has 1 aliphatic heterocycles. The van der Waals surface area contributed by atoms with E-state index in [-0.39, 0.29) is 0 Å². The highest BCUT2D eigenvalue weighted by Gasteiger charge is 2.37. The summed E-state index contributed by atoms with van der Waals surface area (Å²) in [6.07, 6.45) is 7.07. The molecule has 1 heterocycles. The number of nitrogens with one attached hydrogen (secondary N) is 1. The van der Waals surface area contributed by atoms with Gasteiger partial charge in [-0.3, -0.25) is 4.90 Å². The Kier molecular flexibility index (Phi) is 4.87. The molecule has 4 unspecified atom stereocenters. The summed E-state index contributed by atoms with van der Waals surface area (Å²) in [4.78, 5) is 2.79. The molecule has 2 heteroatoms. The summed E-state index contributed by atoms with van der Waals surface area (Å²) < 4.78 is 0. The Hall–Kier alpha value is -0.0800. The second-order valence-electron chi connectivity index (χ2n) is 6.31. The first-order valence-electron chi connectivity index (χ1n) is 7.69. The van der Waals surface area contributed by atoms with Crippen LogP contribution in [0.25, 0.3) is 0 Å². The zero-order valence-electron chi connectivity index (χ0n) is 11.9. The smallest absolute Gasteiger partial charge is 0.0275 e. The van der Waals surface area contributed by atoms with Crippen LogP contribution >= 0.6 is 0 Å². The first-order valence-corrected chi connectivity index (χ1v) is 7.69. The fourth-order valence-corrected chi connectivity index (χ4v) is 4.14. The highest BCUT2D eigenvalue weighted by atomic mass is 15.2. The summed E-state index contributed by atoms with van der Waals surface area (Å²) in [6.45, 7) is 10.9. The van der Waals surface area contributed by atoms with Gasteiger partial charge in [-0.2, -0.15) is 0 Å². The summed E-state index contributed by atoms with van der Waals surface area (Å²) >= 11 is 0. The first-order chi connectivity index (χ1) is 8.22. The minimum atomic E-state index is 0.733. The Morgan fingerprint density at radius 3 is 2.41 bits per heavy atom. The van der Waals surface area contributed by atoms with Gasteiger partial charge in [0, 0.05) is 12.1 Å². The molecule has 2 rings (SSSR count). The molecule has 1 aliphatic carbocycles. The van der Waals surface area contributed by atoms with E-state index in [0.717, 1.165) is 30.5 Å². The molecule has 0 amide bonds. The quantitative estimate of drug-likeness (QED) is 0.813. The van der Waals surface area contributed by atoms with Gasteiger partial charge >= 0.3 is 0 Å². The van der Waals surface area contributed by atoms with Crippen molar-refractivity contribution in [1.29, 1.82) is 0 Å². The molecule has 4 atom stereocenters. The van der Waals surface area contributed by atoms with Crippen LogP contribution in [0.4, 0.5) is 0 Å². The second kappa shape index (κ2) is 6.19. The molecular weight excluding hydrogens is 208 g/mol. The van der Waals surface area contributed by atoms with Crippen LogP contribution in [0.2, 0.25) is 0 Å². The van der Waals surface area contributed by atoms with Crippen LogP contribution in [0.5, 0.6) is 0 Å². The van der Waals surface area contributed by atoms with E-state index in [0.29, 0.717) is 0 Å². The van der Waals surface area contributed by atoms with E-state index < -0.39 is 0 Å². The monoisotopic (exact) mass is 238 g/mol. The van der Waals surface area contributed by atoms with E-state index in [1.165, 1.54) is 45.2 Å². The van der Waals surface area contributed by atoms with Gasteiger partial charge in [0.1, 0.15) is 0 Å². The minimum Gasteiger partial charge on any atom is -0.313 e. The van der Waals surface area contributed by atoms with E-state index in [1.54, 1.807) is 0 Å². The van der Waals surface area contributed by atoms with Gasteiger partial charge in [-0.15, -0.1) is 0 Å². The maximum Gasteiger partial charge on any atom is 0.0275 e. The zero-order valence-corrected chi connectivity index (χ0v) is 11.9. The molecule has 1 saturated carbocycles. The van der Waals surface area contributed by atoms with Gasteiger partial charge in [0.2, 0.25) is 0 Å². The Labute approximate surface area is 107 Å². The van der Waals surface area contributed by atoms with Crippen LogP contribution < -0.4 is 5.32 Å². The van der Waals surface area contributed by atoms with E-state index in [9.17, 15) is 0 Å². The fraction of sp³-hybridized carbons (Fsp3) is 1.00. The second-order valence-corrected chi connectivity index (χ2v) is 6.31. The van der Waals surface area contributed by atoms with Crippen molar-refractivity contribution in [2.75, 3.05) is 19.6 Å². The highest BCUT2D eigenvalue weighted by molar-refractivity contribution is 4.94. The molecule has 0 aromatic heterocycles. The summed E-state index contributed by atoms with van der Waals surface area (Å²) in [6, 6.07) is 1.53. The van der Waals surface area contributed by atoms with E-state index >= 15 is 0 Å². The summed E-state index contributed by atoms with van der Waals surface area (Å²) in [7, 11) is 0. The predicted octanol–water partition coefficient (Wildman–Crippen LogP) is 2.89. The third-order valence-electron chi connectivity index (χ3n) is 4.70. The summed E-state index contributed by atoms with van der Waals surface area (Å²) in [5.74, 6) is 1.76. The molecule has 17 heavy (non-hydrogen) atoms. The average molecular weight is 238 g/mol. The summed E-state index contributed by atoms with van der Waals surface area (Å²) in [5, 5.41) is 3.75. The average Bonchev–Trinajstić information content (AvgIpc) is 2.30. The van der Waals surface area contributed by atoms with E-state index in [1.807, 2.05) is 0 Å². The highest BCUT2D eigenvalue weighted by Crippen LogP contribution is 2.33. The van der Waals surface area contributed by atoms with Gasteiger partial charge in [-0.1, -0.05) is 27.2 Å². The molecule has 2 nitrogen and oxygen atoms in total. The Morgan fingerprint density at radius 1 is 1.06 bits per heavy atom. The lowest BCUT2D eigenvalue weighted by molar-refractivity contribution is 0.0485. The lowest BCUT2D eigenvalue weighted by Gasteiger charge is -2.47. The van der Waals surface area contributed by atoms with Crippen LogP contribution in [0.15, 0.2) is 0 Å². The molecule has 0 aromatic carbocycles. The molecule has 0 aromatic rings. The van der Waals surface area contributed by atoms with Crippen molar-refractivity contribution in [2.24, 2.45) is 11.8 Å². The summed E-state index contributed by atoms with van der Waals surface area (Å²) in [5.41, 5.74) is 0. The van der Waals surface area contributed by atoms with Crippen molar-refractivity contribution in [3.05, 3.63) is 0 Å². The number of likely N-dealkylation sites (N-methyl/N-ethyl adjacent to an activating group) is 1. The third-order valence-corrected chi connectivity index (χ3v) is 4.70. The maximum atomic E-state index is 3.75. The van der Waals surface area contributed by atoms with Crippen molar-refractivity contribution in [3.63, 3.8) is 0 Å². The molecule has 100 valence electrons. The van der Waals surface area contributed by atoms with E-state index in [4.69, 9.17) is 0 Å². The molecule has 0 radical (unpaired) electrons. The lowest BCUT2D eigenvalue weighted by Crippen LogP contribution is -2.57. The molecule has 1 N–H and O–H groups in total. The van der Waals surface area contributed by atoms with E-state index in [2.05, 4.69) is 31.0 Å². The van der Waals surface area contributed by atoms with Gasteiger partial charge in [-0.25, -0.2) is 0 Å². The van der Waals surface area contributed by atoms with Crippen molar-refractivity contribution < 1.29 is 0 Å². The topological polar surface area (TPSA) is 15.3 Å². The third kappa shape index (κ3) is 3.23. The normalized spacial score (nSPS) is 40.4. The molecule has 1 saturated heterocycles. The van der Waals surface area contributed by atoms with Gasteiger partial charge in [0.15, 0.2) is 0 Å². The first kappa shape index (κ1) is 13.4. The van der Waals surface area contributed by atoms with Crippen molar-refractivity contribution in [3.8, 4) is 0 Å². The SMILES string of the molecule is CCNC1CC(C)CC(C)C1N1CCCCC1. The molecule has 0 spiro atoms. The predicted molar refractivity (Wildman–Crippen MR) is 74.2 cm³/mol. The van der Waals surface area contributed by atoms with Crippen LogP contribution in [-0.4, -0.2) is 36.6 Å². The molecule has 0 bridgehead atoms. The van der Waals surface area contributed by atoms with Gasteiger partial charge < -0.3 is 5.32 Å². The Morgan fingerprint density at radius 2 is 1.76 bits per heavy atom. The van der Waals surface area contributed by atoms with Crippen molar-refractivity contribution in [1.82, 2.24) is 10.2 Å². The molecular formula is C15H30N2.